The number of thiophene rings is 1. The van der Waals surface area contributed by atoms with E-state index in [-0.39, 0.29) is 11.6 Å². The van der Waals surface area contributed by atoms with E-state index in [4.69, 9.17) is 14.5 Å². The van der Waals surface area contributed by atoms with Crippen molar-refractivity contribution in [1.29, 1.82) is 0 Å². The van der Waals surface area contributed by atoms with Crippen LogP contribution in [0.2, 0.25) is 0 Å². The Morgan fingerprint density at radius 2 is 2.07 bits per heavy atom. The first-order chi connectivity index (χ1) is 14.4. The van der Waals surface area contributed by atoms with Crippen LogP contribution in [0.5, 0.6) is 11.5 Å². The fraction of sp³-hybridized carbons (Fsp3) is 0.478. The fourth-order valence-corrected chi connectivity index (χ4v) is 5.66. The summed E-state index contributed by atoms with van der Waals surface area (Å²) in [5, 5.41) is 0.815. The summed E-state index contributed by atoms with van der Waals surface area (Å²) in [6, 6.07) is 6.03. The number of aryl methyl sites for hydroxylation is 1. The zero-order valence-corrected chi connectivity index (χ0v) is 19.1. The Hall–Kier alpha value is -2.38. The molecule has 1 aliphatic carbocycles. The van der Waals surface area contributed by atoms with Crippen LogP contribution in [-0.4, -0.2) is 31.2 Å². The van der Waals surface area contributed by atoms with Crippen LogP contribution in [0.15, 0.2) is 23.0 Å². The van der Waals surface area contributed by atoms with Gasteiger partial charge in [0.1, 0.15) is 17.4 Å². The third kappa shape index (κ3) is 3.84. The molecule has 3 atom stereocenters. The first-order valence-corrected chi connectivity index (χ1v) is 11.3. The van der Waals surface area contributed by atoms with Gasteiger partial charge in [0, 0.05) is 10.4 Å². The van der Waals surface area contributed by atoms with Gasteiger partial charge in [-0.2, -0.15) is 0 Å². The first-order valence-electron chi connectivity index (χ1n) is 10.5. The summed E-state index contributed by atoms with van der Waals surface area (Å²) in [5.41, 5.74) is 2.38. The Bertz CT molecular complexity index is 1120. The van der Waals surface area contributed by atoms with Crippen LogP contribution in [0, 0.1) is 5.92 Å². The monoisotopic (exact) mass is 428 g/mol. The largest absolute Gasteiger partial charge is 0.493 e. The molecule has 0 aliphatic heterocycles. The van der Waals surface area contributed by atoms with Crippen molar-refractivity contribution >= 4 is 21.6 Å². The van der Waals surface area contributed by atoms with Gasteiger partial charge >= 0.3 is 0 Å². The van der Waals surface area contributed by atoms with Gasteiger partial charge in [-0.15, -0.1) is 11.3 Å². The third-order valence-electron chi connectivity index (χ3n) is 6.26. The van der Waals surface area contributed by atoms with Gasteiger partial charge in [0.15, 0.2) is 17.3 Å². The molecule has 7 heteroatoms. The molecule has 2 aromatic heterocycles. The summed E-state index contributed by atoms with van der Waals surface area (Å²) in [4.78, 5) is 24.4. The second-order valence-electron chi connectivity index (χ2n) is 8.42. The van der Waals surface area contributed by atoms with Crippen LogP contribution < -0.4 is 19.9 Å². The van der Waals surface area contributed by atoms with E-state index in [9.17, 15) is 4.79 Å². The highest BCUT2D eigenvalue weighted by Gasteiger charge is 2.25. The standard InChI is InChI=1S/C23H29N3O3S/c1-13-6-8-16-19(10-13)30-23-20(16)22(27)24-21(25-23)14(2)26(3)12-15-7-9-17(28-4)18(11-15)29-5/h7,9,11,13-14H,6,8,10,12H2,1-5H3,(H,24,25,27)/p+1/t13-,14-/m0/s1. The van der Waals surface area contributed by atoms with Gasteiger partial charge in [0.05, 0.1) is 26.7 Å². The van der Waals surface area contributed by atoms with Gasteiger partial charge in [-0.05, 0) is 55.9 Å². The van der Waals surface area contributed by atoms with Crippen molar-refractivity contribution in [3.05, 3.63) is 50.4 Å². The van der Waals surface area contributed by atoms with Crippen LogP contribution in [0.1, 0.15) is 48.1 Å². The minimum Gasteiger partial charge on any atom is -0.493 e. The molecule has 0 saturated heterocycles. The molecule has 4 rings (SSSR count). The molecule has 0 fully saturated rings. The van der Waals surface area contributed by atoms with Crippen LogP contribution in [0.3, 0.4) is 0 Å². The number of fused-ring (bicyclic) bond motifs is 3. The third-order valence-corrected chi connectivity index (χ3v) is 7.41. The molecule has 1 aromatic carbocycles. The van der Waals surface area contributed by atoms with E-state index in [0.717, 1.165) is 58.9 Å². The predicted molar refractivity (Wildman–Crippen MR) is 120 cm³/mol. The number of methoxy groups -OCH3 is 2. The zero-order valence-electron chi connectivity index (χ0n) is 18.3. The maximum atomic E-state index is 12.9. The van der Waals surface area contributed by atoms with Crippen LogP contribution >= 0.6 is 11.3 Å². The van der Waals surface area contributed by atoms with E-state index < -0.39 is 0 Å². The van der Waals surface area contributed by atoms with Crippen molar-refractivity contribution in [2.75, 3.05) is 21.3 Å². The molecule has 2 N–H and O–H groups in total. The maximum Gasteiger partial charge on any atom is 0.260 e. The molecule has 0 spiro atoms. The van der Waals surface area contributed by atoms with Gasteiger partial charge in [-0.1, -0.05) is 6.92 Å². The van der Waals surface area contributed by atoms with Crippen molar-refractivity contribution in [3.63, 3.8) is 0 Å². The summed E-state index contributed by atoms with van der Waals surface area (Å²) in [6.07, 6.45) is 3.19. The highest BCUT2D eigenvalue weighted by molar-refractivity contribution is 7.18. The Kier molecular flexibility index (Phi) is 5.84. The second kappa shape index (κ2) is 8.40. The molecule has 6 nitrogen and oxygen atoms in total. The van der Waals surface area contributed by atoms with E-state index in [1.165, 1.54) is 15.3 Å². The molecule has 1 aliphatic rings. The molecule has 30 heavy (non-hydrogen) atoms. The first kappa shape index (κ1) is 20.9. The number of nitrogens with zero attached hydrogens (tertiary/aromatic N) is 1. The van der Waals surface area contributed by atoms with E-state index in [0.29, 0.717) is 5.92 Å². The molecular formula is C23H30N3O3S+. The Balaban J connectivity index is 1.60. The molecule has 160 valence electrons. The number of hydrogen-bond acceptors (Lipinski definition) is 5. The average molecular weight is 429 g/mol. The highest BCUT2D eigenvalue weighted by atomic mass is 32.1. The number of H-pyrrole nitrogens is 1. The number of rotatable bonds is 6. The number of hydrogen-bond donors (Lipinski definition) is 2. The Labute approximate surface area is 180 Å². The Morgan fingerprint density at radius 3 is 2.80 bits per heavy atom. The smallest absolute Gasteiger partial charge is 0.260 e. The molecule has 0 saturated carbocycles. The number of nitrogens with one attached hydrogen (secondary N) is 2. The van der Waals surface area contributed by atoms with Crippen molar-refractivity contribution in [2.45, 2.75) is 45.7 Å². The van der Waals surface area contributed by atoms with Crippen molar-refractivity contribution in [2.24, 2.45) is 5.92 Å². The highest BCUT2D eigenvalue weighted by Crippen LogP contribution is 2.35. The maximum absolute atomic E-state index is 12.9. The lowest BCUT2D eigenvalue weighted by atomic mass is 9.89. The van der Waals surface area contributed by atoms with E-state index in [1.54, 1.807) is 25.6 Å². The van der Waals surface area contributed by atoms with Crippen LogP contribution in [0.25, 0.3) is 10.2 Å². The second-order valence-corrected chi connectivity index (χ2v) is 9.50. The SMILES string of the molecule is COc1ccc(C[NH+](C)[C@@H](C)c2nc3sc4c(c3c(=O)[nH]2)CC[C@H](C)C4)cc1OC. The van der Waals surface area contributed by atoms with Gasteiger partial charge in [0.25, 0.3) is 5.56 Å². The predicted octanol–water partition coefficient (Wildman–Crippen LogP) is 2.90. The topological polar surface area (TPSA) is 68.7 Å². The molecule has 1 unspecified atom stereocenters. The summed E-state index contributed by atoms with van der Waals surface area (Å²) in [6.45, 7) is 5.17. The Morgan fingerprint density at radius 1 is 1.30 bits per heavy atom. The fourth-order valence-electron chi connectivity index (χ4n) is 4.27. The van der Waals surface area contributed by atoms with E-state index >= 15 is 0 Å². The summed E-state index contributed by atoms with van der Waals surface area (Å²) < 4.78 is 10.7. The minimum absolute atomic E-state index is 0.00724. The quantitative estimate of drug-likeness (QED) is 0.634. The normalized spacial score (nSPS) is 18.1. The summed E-state index contributed by atoms with van der Waals surface area (Å²) in [7, 11) is 5.40. The van der Waals surface area contributed by atoms with Gasteiger partial charge < -0.3 is 19.4 Å². The lowest BCUT2D eigenvalue weighted by Gasteiger charge is -2.21. The molecule has 3 aromatic rings. The van der Waals surface area contributed by atoms with Gasteiger partial charge in [-0.25, -0.2) is 4.98 Å². The van der Waals surface area contributed by atoms with Gasteiger partial charge in [0.2, 0.25) is 0 Å². The lowest BCUT2D eigenvalue weighted by Crippen LogP contribution is -3.07. The van der Waals surface area contributed by atoms with Crippen molar-refractivity contribution in [3.8, 4) is 11.5 Å². The summed E-state index contributed by atoms with van der Waals surface area (Å²) in [5.74, 6) is 2.87. The number of ether oxygens (including phenoxy) is 2. The zero-order chi connectivity index (χ0) is 21.4. The van der Waals surface area contributed by atoms with Crippen LogP contribution in [-0.2, 0) is 19.4 Å². The van der Waals surface area contributed by atoms with Crippen LogP contribution in [0.4, 0.5) is 0 Å². The molecule has 0 radical (unpaired) electrons. The number of aromatic amines is 1. The van der Waals surface area contributed by atoms with Crippen molar-refractivity contribution in [1.82, 2.24) is 9.97 Å². The minimum atomic E-state index is 0.00724. The average Bonchev–Trinajstić information content (AvgIpc) is 3.10. The van der Waals surface area contributed by atoms with E-state index in [1.807, 2.05) is 18.2 Å². The molecular weight excluding hydrogens is 398 g/mol. The van der Waals surface area contributed by atoms with E-state index in [2.05, 4.69) is 25.9 Å². The summed E-state index contributed by atoms with van der Waals surface area (Å²) >= 11 is 1.70. The van der Waals surface area contributed by atoms with Crippen molar-refractivity contribution < 1.29 is 14.4 Å². The molecule has 2 heterocycles. The van der Waals surface area contributed by atoms with Gasteiger partial charge in [-0.3, -0.25) is 4.79 Å². The molecule has 0 amide bonds. The number of aromatic nitrogens is 2. The number of quaternary nitrogens is 1. The molecule has 0 bridgehead atoms. The number of benzene rings is 1. The lowest BCUT2D eigenvalue weighted by molar-refractivity contribution is -0.924.